The molecule has 0 aliphatic rings. The second-order valence-electron chi connectivity index (χ2n) is 3.57. The average molecular weight is 144 g/mol. The fourth-order valence-corrected chi connectivity index (χ4v) is 1.25. The van der Waals surface area contributed by atoms with E-state index in [9.17, 15) is 0 Å². The van der Waals surface area contributed by atoms with Crippen molar-refractivity contribution in [1.82, 2.24) is 0 Å². The van der Waals surface area contributed by atoms with E-state index in [4.69, 9.17) is 5.11 Å². The van der Waals surface area contributed by atoms with Gasteiger partial charge in [-0.2, -0.15) is 0 Å². The predicted molar refractivity (Wildman–Crippen MR) is 45.0 cm³/mol. The second-order valence-corrected chi connectivity index (χ2v) is 3.57. The van der Waals surface area contributed by atoms with Gasteiger partial charge in [0.2, 0.25) is 0 Å². The van der Waals surface area contributed by atoms with Crippen LogP contribution in [0.25, 0.3) is 0 Å². The normalized spacial score (nSPS) is 15.3. The maximum atomic E-state index is 9.15. The van der Waals surface area contributed by atoms with Gasteiger partial charge in [-0.3, -0.25) is 0 Å². The molecule has 1 heteroatoms. The summed E-state index contributed by atoms with van der Waals surface area (Å²) in [6.45, 7) is 8.47. The van der Waals surface area contributed by atoms with E-state index in [0.717, 1.165) is 19.3 Å². The predicted octanol–water partition coefficient (Wildman–Crippen LogP) is 2.58. The number of hydrogen-bond acceptors (Lipinski definition) is 1. The lowest BCUT2D eigenvalue weighted by molar-refractivity contribution is 0.114. The Kier molecular flexibility index (Phi) is 3.95. The van der Waals surface area contributed by atoms with Crippen molar-refractivity contribution in [2.45, 2.75) is 53.1 Å². The van der Waals surface area contributed by atoms with Crippen LogP contribution in [0.3, 0.4) is 0 Å². The third-order valence-electron chi connectivity index (χ3n) is 2.50. The first-order valence-corrected chi connectivity index (χ1v) is 4.22. The molecular weight excluding hydrogens is 124 g/mol. The Labute approximate surface area is 64.5 Å². The lowest BCUT2D eigenvalue weighted by atomic mass is 9.80. The molecule has 0 amide bonds. The Bertz CT molecular complexity index is 82.7. The monoisotopic (exact) mass is 144 g/mol. The number of aliphatic hydroxyl groups excluding tert-OH is 1. The van der Waals surface area contributed by atoms with Crippen molar-refractivity contribution in [3.63, 3.8) is 0 Å². The number of aliphatic hydroxyl groups is 1. The molecule has 1 unspecified atom stereocenters. The van der Waals surface area contributed by atoms with Crippen molar-refractivity contribution >= 4 is 0 Å². The van der Waals surface area contributed by atoms with Crippen LogP contribution in [0.1, 0.15) is 47.0 Å². The molecule has 0 heterocycles. The van der Waals surface area contributed by atoms with E-state index in [2.05, 4.69) is 20.8 Å². The Morgan fingerprint density at radius 2 is 1.70 bits per heavy atom. The van der Waals surface area contributed by atoms with Crippen molar-refractivity contribution < 1.29 is 5.11 Å². The molecule has 0 aliphatic carbocycles. The summed E-state index contributed by atoms with van der Waals surface area (Å²) in [6.07, 6.45) is 3.10. The first-order valence-electron chi connectivity index (χ1n) is 4.22. The Morgan fingerprint density at radius 3 is 1.80 bits per heavy atom. The highest BCUT2D eigenvalue weighted by atomic mass is 16.3. The molecule has 0 spiro atoms. The summed E-state index contributed by atoms with van der Waals surface area (Å²) in [6, 6.07) is 0. The molecule has 0 radical (unpaired) electrons. The van der Waals surface area contributed by atoms with Gasteiger partial charge in [-0.05, 0) is 18.8 Å². The van der Waals surface area contributed by atoms with Gasteiger partial charge in [0.1, 0.15) is 0 Å². The Hall–Kier alpha value is -0.0400. The first kappa shape index (κ1) is 9.96. The van der Waals surface area contributed by atoms with E-state index in [1.807, 2.05) is 6.92 Å². The summed E-state index contributed by atoms with van der Waals surface area (Å²) in [5, 5.41) is 9.15. The molecular formula is C9H20O. The highest BCUT2D eigenvalue weighted by Gasteiger charge is 2.21. The largest absolute Gasteiger partial charge is 0.393 e. The summed E-state index contributed by atoms with van der Waals surface area (Å²) in [4.78, 5) is 0. The highest BCUT2D eigenvalue weighted by Crippen LogP contribution is 2.30. The van der Waals surface area contributed by atoms with Crippen molar-refractivity contribution in [1.29, 1.82) is 0 Å². The zero-order valence-electron chi connectivity index (χ0n) is 7.65. The molecule has 0 saturated carbocycles. The molecule has 0 rings (SSSR count). The van der Waals surface area contributed by atoms with E-state index in [1.165, 1.54) is 0 Å². The standard InChI is InChI=1S/C9H20O/c1-5-9(4,6-2)7-8(3)10/h8,10H,5-7H2,1-4H3. The van der Waals surface area contributed by atoms with Crippen LogP contribution >= 0.6 is 0 Å². The van der Waals surface area contributed by atoms with Gasteiger partial charge in [0.25, 0.3) is 0 Å². The van der Waals surface area contributed by atoms with E-state index >= 15 is 0 Å². The highest BCUT2D eigenvalue weighted by molar-refractivity contribution is 4.72. The first-order chi connectivity index (χ1) is 4.54. The number of hydrogen-bond donors (Lipinski definition) is 1. The smallest absolute Gasteiger partial charge is 0.0517 e. The average Bonchev–Trinajstić information content (AvgIpc) is 1.87. The molecule has 0 aromatic rings. The molecule has 0 fully saturated rings. The van der Waals surface area contributed by atoms with Crippen LogP contribution in [-0.2, 0) is 0 Å². The Morgan fingerprint density at radius 1 is 1.30 bits per heavy atom. The summed E-state index contributed by atoms with van der Waals surface area (Å²) in [5.41, 5.74) is 0.355. The number of rotatable bonds is 4. The second kappa shape index (κ2) is 3.97. The maximum absolute atomic E-state index is 9.15. The molecule has 1 N–H and O–H groups in total. The summed E-state index contributed by atoms with van der Waals surface area (Å²) >= 11 is 0. The molecule has 0 saturated heterocycles. The van der Waals surface area contributed by atoms with Crippen LogP contribution in [0.4, 0.5) is 0 Å². The minimum Gasteiger partial charge on any atom is -0.393 e. The van der Waals surface area contributed by atoms with Crippen LogP contribution in [0.15, 0.2) is 0 Å². The van der Waals surface area contributed by atoms with Gasteiger partial charge in [0.05, 0.1) is 6.10 Å². The van der Waals surface area contributed by atoms with Crippen molar-refractivity contribution in [3.8, 4) is 0 Å². The van der Waals surface area contributed by atoms with Crippen LogP contribution in [-0.4, -0.2) is 11.2 Å². The lowest BCUT2D eigenvalue weighted by Gasteiger charge is -2.27. The SMILES string of the molecule is CCC(C)(CC)CC(C)O. The van der Waals surface area contributed by atoms with Gasteiger partial charge in [0.15, 0.2) is 0 Å². The molecule has 62 valence electrons. The van der Waals surface area contributed by atoms with Gasteiger partial charge in [0, 0.05) is 0 Å². The molecule has 10 heavy (non-hydrogen) atoms. The quantitative estimate of drug-likeness (QED) is 0.643. The van der Waals surface area contributed by atoms with E-state index in [0.29, 0.717) is 5.41 Å². The van der Waals surface area contributed by atoms with Gasteiger partial charge >= 0.3 is 0 Å². The third kappa shape index (κ3) is 3.21. The Balaban J connectivity index is 3.80. The van der Waals surface area contributed by atoms with E-state index in [1.54, 1.807) is 0 Å². The summed E-state index contributed by atoms with van der Waals surface area (Å²) in [5.74, 6) is 0. The van der Waals surface area contributed by atoms with Gasteiger partial charge in [-0.25, -0.2) is 0 Å². The fourth-order valence-electron chi connectivity index (χ4n) is 1.25. The minimum atomic E-state index is -0.148. The molecule has 1 atom stereocenters. The molecule has 0 aliphatic heterocycles. The van der Waals surface area contributed by atoms with Crippen molar-refractivity contribution in [3.05, 3.63) is 0 Å². The van der Waals surface area contributed by atoms with Gasteiger partial charge in [-0.1, -0.05) is 33.6 Å². The lowest BCUT2D eigenvalue weighted by Crippen LogP contribution is -2.20. The van der Waals surface area contributed by atoms with Gasteiger partial charge in [-0.15, -0.1) is 0 Å². The van der Waals surface area contributed by atoms with Gasteiger partial charge < -0.3 is 5.11 Å². The van der Waals surface area contributed by atoms with Crippen LogP contribution in [0.2, 0.25) is 0 Å². The zero-order chi connectivity index (χ0) is 8.20. The van der Waals surface area contributed by atoms with Crippen LogP contribution < -0.4 is 0 Å². The molecule has 0 bridgehead atoms. The summed E-state index contributed by atoms with van der Waals surface area (Å²) < 4.78 is 0. The topological polar surface area (TPSA) is 20.2 Å². The van der Waals surface area contributed by atoms with Crippen LogP contribution in [0, 0.1) is 5.41 Å². The minimum absolute atomic E-state index is 0.148. The molecule has 1 nitrogen and oxygen atoms in total. The van der Waals surface area contributed by atoms with Crippen LogP contribution in [0.5, 0.6) is 0 Å². The van der Waals surface area contributed by atoms with Crippen molar-refractivity contribution in [2.75, 3.05) is 0 Å². The van der Waals surface area contributed by atoms with Crippen molar-refractivity contribution in [2.24, 2.45) is 5.41 Å². The molecule has 0 aromatic heterocycles. The molecule has 0 aromatic carbocycles. The maximum Gasteiger partial charge on any atom is 0.0517 e. The van der Waals surface area contributed by atoms with E-state index < -0.39 is 0 Å². The van der Waals surface area contributed by atoms with E-state index in [-0.39, 0.29) is 6.10 Å². The summed E-state index contributed by atoms with van der Waals surface area (Å²) in [7, 11) is 0. The zero-order valence-corrected chi connectivity index (χ0v) is 7.65. The third-order valence-corrected chi connectivity index (χ3v) is 2.50. The fraction of sp³-hybridized carbons (Fsp3) is 1.00.